The number of hydrogen-bond donors (Lipinski definition) is 1. The van der Waals surface area contributed by atoms with Gasteiger partial charge in [0, 0.05) is 13.5 Å². The molecule has 0 rings (SSSR count). The zero-order valence-corrected chi connectivity index (χ0v) is 12.7. The first-order valence-electron chi connectivity index (χ1n) is 6.62. The zero-order chi connectivity index (χ0) is 14.8. The molecule has 1 unspecified atom stereocenters. The Morgan fingerprint density at radius 2 is 1.89 bits per heavy atom. The van der Waals surface area contributed by atoms with Crippen LogP contribution in [0.1, 0.15) is 20.3 Å². The summed E-state index contributed by atoms with van der Waals surface area (Å²) in [5, 5.41) is 2.63. The fourth-order valence-corrected chi connectivity index (χ4v) is 1.81. The maximum absolute atomic E-state index is 11.6. The number of methoxy groups -OCH3 is 1. The van der Waals surface area contributed by atoms with Crippen molar-refractivity contribution in [3.05, 3.63) is 0 Å². The molecule has 0 spiro atoms. The predicted octanol–water partition coefficient (Wildman–Crippen LogP) is -0.0623. The van der Waals surface area contributed by atoms with E-state index in [1.807, 2.05) is 21.0 Å². The first-order chi connectivity index (χ1) is 8.90. The molecule has 0 bridgehead atoms. The lowest BCUT2D eigenvalue weighted by atomic mass is 10.2. The normalized spacial score (nSPS) is 12.6. The van der Waals surface area contributed by atoms with Crippen molar-refractivity contribution in [3.8, 4) is 0 Å². The van der Waals surface area contributed by atoms with Crippen LogP contribution in [0, 0.1) is 0 Å². The summed E-state index contributed by atoms with van der Waals surface area (Å²) in [7, 11) is 5.40. The summed E-state index contributed by atoms with van der Waals surface area (Å²) >= 11 is 0. The number of likely N-dealkylation sites (N-methyl/N-ethyl adjacent to an activating group) is 1. The van der Waals surface area contributed by atoms with Gasteiger partial charge in [-0.2, -0.15) is 0 Å². The number of ether oxygens (including phenoxy) is 1. The van der Waals surface area contributed by atoms with E-state index < -0.39 is 12.0 Å². The molecule has 19 heavy (non-hydrogen) atoms. The van der Waals surface area contributed by atoms with Gasteiger partial charge in [-0.05, 0) is 40.2 Å². The second-order valence-electron chi connectivity index (χ2n) is 4.83. The molecule has 6 nitrogen and oxygen atoms in total. The van der Waals surface area contributed by atoms with Crippen molar-refractivity contribution in [2.75, 3.05) is 47.4 Å². The third kappa shape index (κ3) is 8.56. The average Bonchev–Trinajstić information content (AvgIpc) is 2.34. The Morgan fingerprint density at radius 1 is 1.26 bits per heavy atom. The fourth-order valence-electron chi connectivity index (χ4n) is 1.81. The van der Waals surface area contributed by atoms with Gasteiger partial charge in [0.2, 0.25) is 5.91 Å². The Balaban J connectivity index is 4.34. The number of hydrogen-bond acceptors (Lipinski definition) is 5. The van der Waals surface area contributed by atoms with E-state index >= 15 is 0 Å². The number of nitrogens with one attached hydrogen (secondary N) is 1. The molecule has 0 fully saturated rings. The van der Waals surface area contributed by atoms with Crippen molar-refractivity contribution in [2.45, 2.75) is 26.3 Å². The molecule has 6 heteroatoms. The predicted molar refractivity (Wildman–Crippen MR) is 74.9 cm³/mol. The monoisotopic (exact) mass is 273 g/mol. The van der Waals surface area contributed by atoms with Crippen LogP contribution >= 0.6 is 0 Å². The van der Waals surface area contributed by atoms with Gasteiger partial charge in [0.15, 0.2) is 0 Å². The Hall–Kier alpha value is -1.14. The van der Waals surface area contributed by atoms with E-state index in [4.69, 9.17) is 4.74 Å². The molecule has 0 radical (unpaired) electrons. The standard InChI is InChI=1S/C13H27N3O3/c1-6-16(9-7-8-15(3)4)10-12(13(18)19-5)14-11(2)17/h12H,6-10H2,1-5H3,(H,14,17). The molecule has 0 aliphatic heterocycles. The number of carbonyl (C=O) groups excluding carboxylic acids is 2. The van der Waals surface area contributed by atoms with Crippen LogP contribution in [0.2, 0.25) is 0 Å². The van der Waals surface area contributed by atoms with Gasteiger partial charge in [0.25, 0.3) is 0 Å². The topological polar surface area (TPSA) is 61.9 Å². The first kappa shape index (κ1) is 17.9. The fraction of sp³-hybridized carbons (Fsp3) is 0.846. The third-order valence-corrected chi connectivity index (χ3v) is 2.83. The average molecular weight is 273 g/mol. The molecule has 0 aliphatic rings. The first-order valence-corrected chi connectivity index (χ1v) is 6.62. The molecule has 0 saturated heterocycles. The highest BCUT2D eigenvalue weighted by Crippen LogP contribution is 1.98. The van der Waals surface area contributed by atoms with E-state index in [9.17, 15) is 9.59 Å². The maximum atomic E-state index is 11.6. The lowest BCUT2D eigenvalue weighted by molar-refractivity contribution is -0.145. The van der Waals surface area contributed by atoms with Gasteiger partial charge in [0.05, 0.1) is 7.11 Å². The Bertz CT molecular complexity index is 282. The molecule has 112 valence electrons. The minimum Gasteiger partial charge on any atom is -0.467 e. The van der Waals surface area contributed by atoms with Gasteiger partial charge in [-0.25, -0.2) is 4.79 Å². The van der Waals surface area contributed by atoms with Crippen molar-refractivity contribution in [3.63, 3.8) is 0 Å². The third-order valence-electron chi connectivity index (χ3n) is 2.83. The highest BCUT2D eigenvalue weighted by Gasteiger charge is 2.22. The van der Waals surface area contributed by atoms with Crippen LogP contribution in [0.4, 0.5) is 0 Å². The molecule has 0 heterocycles. The molecule has 0 aromatic heterocycles. The van der Waals surface area contributed by atoms with Gasteiger partial charge < -0.3 is 19.9 Å². The second-order valence-corrected chi connectivity index (χ2v) is 4.83. The van der Waals surface area contributed by atoms with Crippen molar-refractivity contribution in [1.29, 1.82) is 0 Å². The molecule has 1 N–H and O–H groups in total. The zero-order valence-electron chi connectivity index (χ0n) is 12.7. The van der Waals surface area contributed by atoms with Crippen molar-refractivity contribution >= 4 is 11.9 Å². The summed E-state index contributed by atoms with van der Waals surface area (Å²) in [6.07, 6.45) is 1.02. The highest BCUT2D eigenvalue weighted by molar-refractivity contribution is 5.83. The lowest BCUT2D eigenvalue weighted by Gasteiger charge is -2.25. The largest absolute Gasteiger partial charge is 0.467 e. The highest BCUT2D eigenvalue weighted by atomic mass is 16.5. The smallest absolute Gasteiger partial charge is 0.329 e. The minimum absolute atomic E-state index is 0.222. The van der Waals surface area contributed by atoms with E-state index in [1.54, 1.807) is 0 Å². The second kappa shape index (κ2) is 9.75. The van der Waals surface area contributed by atoms with Gasteiger partial charge in [-0.15, -0.1) is 0 Å². The molecule has 0 aromatic rings. The molecule has 0 aromatic carbocycles. The van der Waals surface area contributed by atoms with Crippen LogP contribution in [0.25, 0.3) is 0 Å². The lowest BCUT2D eigenvalue weighted by Crippen LogP contribution is -2.48. The molecule has 0 aliphatic carbocycles. The van der Waals surface area contributed by atoms with Crippen molar-refractivity contribution in [2.24, 2.45) is 0 Å². The number of carbonyl (C=O) groups is 2. The quantitative estimate of drug-likeness (QED) is 0.596. The summed E-state index contributed by atoms with van der Waals surface area (Å²) in [5.74, 6) is -0.624. The summed E-state index contributed by atoms with van der Waals surface area (Å²) in [6.45, 7) is 6.65. The van der Waals surface area contributed by atoms with Crippen LogP contribution in [0.3, 0.4) is 0 Å². The number of rotatable bonds is 9. The van der Waals surface area contributed by atoms with Crippen LogP contribution < -0.4 is 5.32 Å². The van der Waals surface area contributed by atoms with E-state index in [0.29, 0.717) is 6.54 Å². The number of esters is 1. The summed E-state index contributed by atoms with van der Waals surface area (Å²) in [6, 6.07) is -0.596. The number of amides is 1. The summed E-state index contributed by atoms with van der Waals surface area (Å²) in [5.41, 5.74) is 0. The van der Waals surface area contributed by atoms with Crippen LogP contribution in [0.15, 0.2) is 0 Å². The van der Waals surface area contributed by atoms with Crippen LogP contribution in [-0.2, 0) is 14.3 Å². The SMILES string of the molecule is CCN(CCCN(C)C)CC(NC(C)=O)C(=O)OC. The number of nitrogens with zero attached hydrogens (tertiary/aromatic N) is 2. The van der Waals surface area contributed by atoms with Gasteiger partial charge in [-0.1, -0.05) is 6.92 Å². The van der Waals surface area contributed by atoms with E-state index in [0.717, 1.165) is 26.1 Å². The van der Waals surface area contributed by atoms with Crippen molar-refractivity contribution in [1.82, 2.24) is 15.1 Å². The molecule has 0 saturated carbocycles. The van der Waals surface area contributed by atoms with Gasteiger partial charge in [0.1, 0.15) is 6.04 Å². The Kier molecular flexibility index (Phi) is 9.16. The minimum atomic E-state index is -0.596. The van der Waals surface area contributed by atoms with Crippen molar-refractivity contribution < 1.29 is 14.3 Å². The Labute approximate surface area is 116 Å². The van der Waals surface area contributed by atoms with E-state index in [1.165, 1.54) is 14.0 Å². The summed E-state index contributed by atoms with van der Waals surface area (Å²) < 4.78 is 4.71. The molecule has 1 amide bonds. The molecule has 1 atom stereocenters. The van der Waals surface area contributed by atoms with Crippen LogP contribution in [-0.4, -0.2) is 75.1 Å². The Morgan fingerprint density at radius 3 is 2.32 bits per heavy atom. The molecular formula is C13H27N3O3. The van der Waals surface area contributed by atoms with E-state index in [2.05, 4.69) is 15.1 Å². The van der Waals surface area contributed by atoms with Gasteiger partial charge >= 0.3 is 5.97 Å². The molecular weight excluding hydrogens is 246 g/mol. The van der Waals surface area contributed by atoms with E-state index in [-0.39, 0.29) is 5.91 Å². The van der Waals surface area contributed by atoms with Crippen LogP contribution in [0.5, 0.6) is 0 Å². The maximum Gasteiger partial charge on any atom is 0.329 e. The summed E-state index contributed by atoms with van der Waals surface area (Å²) in [4.78, 5) is 27.0. The van der Waals surface area contributed by atoms with Gasteiger partial charge in [-0.3, -0.25) is 4.79 Å².